The second kappa shape index (κ2) is 28.3. The van der Waals surface area contributed by atoms with E-state index in [4.69, 9.17) is 9.47 Å². The monoisotopic (exact) mass is 722 g/mol. The number of hydrogen-bond donors (Lipinski definition) is 0. The van der Waals surface area contributed by atoms with E-state index in [0.29, 0.717) is 24.4 Å². The second-order valence-electron chi connectivity index (χ2n) is 16.4. The third-order valence-electron chi connectivity index (χ3n) is 12.1. The van der Waals surface area contributed by atoms with E-state index in [0.717, 1.165) is 31.2 Å². The summed E-state index contributed by atoms with van der Waals surface area (Å²) in [5, 5.41) is 0. The molecule has 52 heavy (non-hydrogen) atoms. The van der Waals surface area contributed by atoms with Crippen LogP contribution in [0.2, 0.25) is 0 Å². The van der Waals surface area contributed by atoms with Crippen LogP contribution >= 0.6 is 0 Å². The molecule has 0 saturated carbocycles. The van der Waals surface area contributed by atoms with Crippen molar-refractivity contribution in [3.63, 3.8) is 0 Å². The van der Waals surface area contributed by atoms with Crippen molar-refractivity contribution >= 4 is 11.9 Å². The first-order chi connectivity index (χ1) is 25.5. The lowest BCUT2D eigenvalue weighted by molar-refractivity contribution is -0.158. The summed E-state index contributed by atoms with van der Waals surface area (Å²) >= 11 is 0. The first-order valence-electron chi connectivity index (χ1n) is 22.3. The maximum atomic E-state index is 13.5. The average Bonchev–Trinajstić information content (AvgIpc) is 3.34. The Labute approximate surface area is 320 Å². The Morgan fingerprint density at radius 1 is 0.692 bits per heavy atom. The number of benzene rings is 1. The summed E-state index contributed by atoms with van der Waals surface area (Å²) in [5.41, 5.74) is 0.855. The van der Waals surface area contributed by atoms with Crippen molar-refractivity contribution in [1.29, 1.82) is 0 Å². The van der Waals surface area contributed by atoms with Crippen molar-refractivity contribution < 1.29 is 19.1 Å². The van der Waals surface area contributed by atoms with Crippen molar-refractivity contribution in [3.8, 4) is 0 Å². The molecule has 3 rings (SSSR count). The quantitative estimate of drug-likeness (QED) is 0.0434. The third-order valence-corrected chi connectivity index (χ3v) is 12.1. The fraction of sp³-hybridized carbons (Fsp3) is 0.787. The number of carbonyl (C=O) groups excluding carboxylic acids is 2. The summed E-state index contributed by atoms with van der Waals surface area (Å²) in [4.78, 5) is 29.0. The topological polar surface area (TPSA) is 55.8 Å². The average molecular weight is 722 g/mol. The van der Waals surface area contributed by atoms with Crippen LogP contribution in [0, 0.1) is 5.92 Å². The van der Waals surface area contributed by atoms with Crippen molar-refractivity contribution in [1.82, 2.24) is 4.90 Å². The molecule has 0 N–H and O–H groups in total. The first-order valence-corrected chi connectivity index (χ1v) is 22.3. The van der Waals surface area contributed by atoms with Gasteiger partial charge in [0.05, 0.1) is 0 Å². The maximum absolute atomic E-state index is 13.5. The predicted molar refractivity (Wildman–Crippen MR) is 219 cm³/mol. The summed E-state index contributed by atoms with van der Waals surface area (Å²) in [5.74, 6) is -0.363. The number of carbonyl (C=O) groups is 2. The highest BCUT2D eigenvalue weighted by Crippen LogP contribution is 2.36. The third kappa shape index (κ3) is 18.8. The highest BCUT2D eigenvalue weighted by atomic mass is 16.6. The summed E-state index contributed by atoms with van der Waals surface area (Å²) in [6, 6.07) is 10.7. The number of nitrogens with zero attached hydrogens (tertiary/aromatic N) is 1. The Kier molecular flexibility index (Phi) is 24.1. The number of piperidine rings is 1. The van der Waals surface area contributed by atoms with Gasteiger partial charge >= 0.3 is 11.9 Å². The number of fused-ring (bicyclic) bond motifs is 2. The standard InChI is InChI=1S/C47H79NO4/c1-4-6-8-10-12-14-16-18-20-22-25-30-40(29-24-21-19-17-15-13-11-9-7-5-2)31-28-34-46(49)51-39-45(41-32-26-23-27-33-41)47(50)52-44-37-42-35-36-43(38-44)48(42)3/h18,20,23,26-27,32-33,40,42-45H,4-17,19,21-22,24-25,28-31,34-39H2,1-3H3/b20-18-/t40?,42-,43+,44?,45?. The molecule has 296 valence electrons. The fourth-order valence-electron chi connectivity index (χ4n) is 8.63. The number of hydrogen-bond acceptors (Lipinski definition) is 5. The van der Waals surface area contributed by atoms with Crippen LogP contribution in [0.4, 0.5) is 0 Å². The smallest absolute Gasteiger partial charge is 0.317 e. The van der Waals surface area contributed by atoms with Crippen LogP contribution in [0.25, 0.3) is 0 Å². The van der Waals surface area contributed by atoms with E-state index in [2.05, 4.69) is 37.9 Å². The summed E-state index contributed by atoms with van der Waals surface area (Å²) in [6.45, 7) is 4.62. The van der Waals surface area contributed by atoms with Crippen LogP contribution in [-0.4, -0.2) is 48.7 Å². The predicted octanol–water partition coefficient (Wildman–Crippen LogP) is 13.1. The molecule has 2 aliphatic heterocycles. The Bertz CT molecular complexity index is 1060. The lowest BCUT2D eigenvalue weighted by Crippen LogP contribution is -2.44. The first kappa shape index (κ1) is 44.3. The van der Waals surface area contributed by atoms with Crippen molar-refractivity contribution in [3.05, 3.63) is 48.0 Å². The Morgan fingerprint density at radius 3 is 1.83 bits per heavy atom. The minimum Gasteiger partial charge on any atom is -0.464 e. The summed E-state index contributed by atoms with van der Waals surface area (Å²) in [6.07, 6.45) is 39.3. The van der Waals surface area contributed by atoms with E-state index in [-0.39, 0.29) is 24.6 Å². The van der Waals surface area contributed by atoms with Crippen molar-refractivity contribution in [2.75, 3.05) is 13.7 Å². The van der Waals surface area contributed by atoms with Gasteiger partial charge in [0, 0.05) is 18.5 Å². The van der Waals surface area contributed by atoms with Gasteiger partial charge in [0.25, 0.3) is 0 Å². The largest absolute Gasteiger partial charge is 0.464 e. The number of rotatable bonds is 31. The number of ether oxygens (including phenoxy) is 2. The fourth-order valence-corrected chi connectivity index (χ4v) is 8.63. The molecule has 2 saturated heterocycles. The van der Waals surface area contributed by atoms with E-state index in [1.165, 1.54) is 148 Å². The molecule has 0 amide bonds. The SMILES string of the molecule is CCCCCCCC/C=C\CCCC(CCCCCCCCCCCC)CCCC(=O)OCC(C(=O)OC1C[C@H]2CC[C@@H](C1)N2C)c1ccccc1. The second-order valence-corrected chi connectivity index (χ2v) is 16.4. The van der Waals surface area contributed by atoms with Gasteiger partial charge in [-0.25, -0.2) is 0 Å². The summed E-state index contributed by atoms with van der Waals surface area (Å²) in [7, 11) is 2.20. The Balaban J connectivity index is 1.39. The van der Waals surface area contributed by atoms with Crippen LogP contribution in [0.3, 0.4) is 0 Å². The van der Waals surface area contributed by atoms with Gasteiger partial charge in [-0.1, -0.05) is 165 Å². The van der Waals surface area contributed by atoms with Crippen LogP contribution in [0.1, 0.15) is 205 Å². The van der Waals surface area contributed by atoms with Gasteiger partial charge in [-0.3, -0.25) is 9.59 Å². The normalized spacial score (nSPS) is 19.9. The molecule has 2 fully saturated rings. The number of esters is 2. The van der Waals surface area contributed by atoms with Gasteiger partial charge < -0.3 is 14.4 Å². The highest BCUT2D eigenvalue weighted by Gasteiger charge is 2.40. The molecule has 2 aliphatic rings. The highest BCUT2D eigenvalue weighted by molar-refractivity contribution is 5.79. The van der Waals surface area contributed by atoms with Crippen LogP contribution < -0.4 is 0 Å². The van der Waals surface area contributed by atoms with Gasteiger partial charge in [0.1, 0.15) is 18.6 Å². The van der Waals surface area contributed by atoms with Crippen molar-refractivity contribution in [2.45, 2.75) is 218 Å². The molecule has 5 heteroatoms. The molecule has 2 heterocycles. The van der Waals surface area contributed by atoms with E-state index in [1.54, 1.807) is 0 Å². The zero-order valence-electron chi connectivity index (χ0n) is 34.0. The van der Waals surface area contributed by atoms with Crippen molar-refractivity contribution in [2.24, 2.45) is 5.92 Å². The van der Waals surface area contributed by atoms with E-state index in [9.17, 15) is 9.59 Å². The summed E-state index contributed by atoms with van der Waals surface area (Å²) < 4.78 is 11.9. The minimum absolute atomic E-state index is 0.0496. The number of allylic oxidation sites excluding steroid dienone is 2. The zero-order chi connectivity index (χ0) is 37.1. The maximum Gasteiger partial charge on any atom is 0.317 e. The van der Waals surface area contributed by atoms with Gasteiger partial charge in [0.15, 0.2) is 0 Å². The number of unbranched alkanes of at least 4 members (excludes halogenated alkanes) is 16. The van der Waals surface area contributed by atoms with Crippen LogP contribution in [0.5, 0.6) is 0 Å². The molecule has 0 radical (unpaired) electrons. The van der Waals surface area contributed by atoms with Gasteiger partial charge in [0.2, 0.25) is 0 Å². The molecular formula is C47H79NO4. The molecule has 0 aromatic heterocycles. The molecule has 5 atom stereocenters. The molecule has 0 aliphatic carbocycles. The molecule has 2 bridgehead atoms. The molecule has 1 aromatic carbocycles. The van der Waals surface area contributed by atoms with Gasteiger partial charge in [-0.2, -0.15) is 0 Å². The van der Waals surface area contributed by atoms with E-state index in [1.807, 2.05) is 30.3 Å². The minimum atomic E-state index is -0.583. The Morgan fingerprint density at radius 2 is 1.21 bits per heavy atom. The molecule has 0 spiro atoms. The molecule has 3 unspecified atom stereocenters. The van der Waals surface area contributed by atoms with Crippen LogP contribution in [0.15, 0.2) is 42.5 Å². The molecule has 5 nitrogen and oxygen atoms in total. The van der Waals surface area contributed by atoms with E-state index < -0.39 is 5.92 Å². The lowest BCUT2D eigenvalue weighted by atomic mass is 9.90. The molecule has 1 aromatic rings. The molecular weight excluding hydrogens is 643 g/mol. The zero-order valence-corrected chi connectivity index (χ0v) is 34.0. The van der Waals surface area contributed by atoms with Crippen LogP contribution in [-0.2, 0) is 19.1 Å². The van der Waals surface area contributed by atoms with Gasteiger partial charge in [-0.15, -0.1) is 0 Å². The van der Waals surface area contributed by atoms with E-state index >= 15 is 0 Å². The van der Waals surface area contributed by atoms with Gasteiger partial charge in [-0.05, 0) is 82.7 Å². The lowest BCUT2D eigenvalue weighted by Gasteiger charge is -2.36. The Hall–Kier alpha value is -2.14.